The zero-order valence-electron chi connectivity index (χ0n) is 20.3. The van der Waals surface area contributed by atoms with Crippen molar-refractivity contribution < 1.29 is 9.30 Å². The number of nitrogens with zero attached hydrogens (tertiary/aromatic N) is 2. The van der Waals surface area contributed by atoms with Gasteiger partial charge in [-0.25, -0.2) is 0 Å². The molecule has 2 heterocycles. The first-order valence-electron chi connectivity index (χ1n) is 11.9. The van der Waals surface area contributed by atoms with Crippen LogP contribution in [0.2, 0.25) is 0 Å². The molecule has 3 nitrogen and oxygen atoms in total. The van der Waals surface area contributed by atoms with E-state index < -0.39 is 0 Å². The first kappa shape index (κ1) is 23.2. The third-order valence-corrected chi connectivity index (χ3v) is 8.36. The molecule has 0 radical (unpaired) electrons. The predicted octanol–water partition coefficient (Wildman–Crippen LogP) is 6.36. The van der Waals surface area contributed by atoms with Crippen molar-refractivity contribution in [3.63, 3.8) is 0 Å². The summed E-state index contributed by atoms with van der Waals surface area (Å²) in [5.41, 5.74) is 5.97. The molecule has 0 spiro atoms. The summed E-state index contributed by atoms with van der Waals surface area (Å²) in [7, 11) is 4.11. The number of hydrogen-bond acceptors (Lipinski definition) is 2. The van der Waals surface area contributed by atoms with Crippen LogP contribution in [0.3, 0.4) is 0 Å². The molecular formula is C31H29N2OSe+. The Balaban J connectivity index is 1.44. The van der Waals surface area contributed by atoms with Crippen molar-refractivity contribution in [1.29, 1.82) is 0 Å². The fourth-order valence-corrected chi connectivity index (χ4v) is 6.66. The summed E-state index contributed by atoms with van der Waals surface area (Å²) in [4.78, 5) is 2.11. The Morgan fingerprint density at radius 1 is 0.886 bits per heavy atom. The van der Waals surface area contributed by atoms with Crippen LogP contribution >= 0.6 is 0 Å². The number of anilines is 1. The first-order valence-corrected chi connectivity index (χ1v) is 13.6. The summed E-state index contributed by atoms with van der Waals surface area (Å²) < 4.78 is 11.5. The average Bonchev–Trinajstić information content (AvgIpc) is 3.23. The van der Waals surface area contributed by atoms with Gasteiger partial charge in [-0.3, -0.25) is 0 Å². The van der Waals surface area contributed by atoms with Crippen molar-refractivity contribution in [2.75, 3.05) is 19.0 Å². The van der Waals surface area contributed by atoms with E-state index in [1.54, 1.807) is 0 Å². The molecule has 0 atom stereocenters. The molecule has 0 amide bonds. The summed E-state index contributed by atoms with van der Waals surface area (Å²) in [6, 6.07) is 25.5. The second-order valence-corrected chi connectivity index (χ2v) is 10.8. The molecule has 4 heteroatoms. The molecule has 35 heavy (non-hydrogen) atoms. The number of fused-ring (bicyclic) bond motifs is 2. The van der Waals surface area contributed by atoms with Crippen molar-refractivity contribution in [3.8, 4) is 5.75 Å². The molecule has 1 aliphatic heterocycles. The molecule has 4 aromatic rings. The Morgan fingerprint density at radius 3 is 2.43 bits per heavy atom. The van der Waals surface area contributed by atoms with Crippen LogP contribution in [0.25, 0.3) is 27.5 Å². The fourth-order valence-electron chi connectivity index (χ4n) is 4.21. The van der Waals surface area contributed by atoms with Crippen molar-refractivity contribution in [1.82, 2.24) is 0 Å². The number of para-hydroxylation sites is 2. The number of hydrogen-bond donors (Lipinski definition) is 0. The van der Waals surface area contributed by atoms with Gasteiger partial charge in [0.05, 0.1) is 0 Å². The average molecular weight is 525 g/mol. The van der Waals surface area contributed by atoms with E-state index in [4.69, 9.17) is 4.74 Å². The molecular weight excluding hydrogens is 495 g/mol. The van der Waals surface area contributed by atoms with Gasteiger partial charge < -0.3 is 4.90 Å². The van der Waals surface area contributed by atoms with E-state index >= 15 is 0 Å². The number of aromatic nitrogens is 1. The van der Waals surface area contributed by atoms with Crippen LogP contribution in [0.1, 0.15) is 22.6 Å². The van der Waals surface area contributed by atoms with Gasteiger partial charge in [0.25, 0.3) is 0 Å². The standard InChI is InChI=1S/C31H29N2OSe/c1-4-33-28-14-8-10-16-30(28)35-31(33)22-26-21-24(27-13-7-9-15-29(27)34-26)12-6-5-11-23-17-19-25(20-18-23)32(2)3/h5-22H,4H2,1-3H3/q+1. The third-order valence-electron chi connectivity index (χ3n) is 6.03. The normalized spacial score (nSPS) is 14.5. The van der Waals surface area contributed by atoms with Crippen molar-refractivity contribution >= 4 is 47.7 Å². The fraction of sp³-hybridized carbons (Fsp3) is 0.129. The summed E-state index contributed by atoms with van der Waals surface area (Å²) in [6.07, 6.45) is 12.9. The third kappa shape index (κ3) is 5.09. The van der Waals surface area contributed by atoms with E-state index in [2.05, 4.69) is 128 Å². The molecule has 0 saturated heterocycles. The minimum absolute atomic E-state index is 0.272. The van der Waals surface area contributed by atoms with E-state index in [0.717, 1.165) is 29.2 Å². The SMILES string of the molecule is CC[n+]1c(C=C2C=C(C=CC=Cc3ccc(N(C)C)cc3)c3ccccc3O2)[se]c2ccccc21. The van der Waals surface area contributed by atoms with Crippen LogP contribution in [0.15, 0.2) is 103 Å². The van der Waals surface area contributed by atoms with E-state index in [1.165, 1.54) is 25.6 Å². The number of benzene rings is 3. The number of allylic oxidation sites excluding steroid dienone is 5. The van der Waals surface area contributed by atoms with Crippen LogP contribution in [0.4, 0.5) is 5.69 Å². The number of rotatable bonds is 6. The quantitative estimate of drug-likeness (QED) is 0.166. The van der Waals surface area contributed by atoms with Gasteiger partial charge in [-0.05, 0) is 0 Å². The number of ether oxygens (including phenoxy) is 1. The molecule has 5 rings (SSSR count). The van der Waals surface area contributed by atoms with Crippen LogP contribution in [0.5, 0.6) is 5.75 Å². The maximum absolute atomic E-state index is 6.31. The van der Waals surface area contributed by atoms with Crippen molar-refractivity contribution in [2.24, 2.45) is 0 Å². The Labute approximate surface area is 213 Å². The van der Waals surface area contributed by atoms with Gasteiger partial charge >= 0.3 is 189 Å². The zero-order valence-corrected chi connectivity index (χ0v) is 22.0. The van der Waals surface area contributed by atoms with Gasteiger partial charge in [-0.15, -0.1) is 0 Å². The van der Waals surface area contributed by atoms with Gasteiger partial charge in [-0.1, -0.05) is 0 Å². The molecule has 174 valence electrons. The molecule has 3 aromatic carbocycles. The molecule has 0 N–H and O–H groups in total. The monoisotopic (exact) mass is 525 g/mol. The van der Waals surface area contributed by atoms with Crippen LogP contribution in [-0.2, 0) is 6.54 Å². The summed E-state index contributed by atoms with van der Waals surface area (Å²) in [5, 5.41) is 0. The van der Waals surface area contributed by atoms with Crippen LogP contribution in [0, 0.1) is 0 Å². The van der Waals surface area contributed by atoms with Gasteiger partial charge in [0.15, 0.2) is 0 Å². The number of aryl methyl sites for hydroxylation is 1. The van der Waals surface area contributed by atoms with Crippen molar-refractivity contribution in [2.45, 2.75) is 13.5 Å². The minimum atomic E-state index is 0.272. The summed E-state index contributed by atoms with van der Waals surface area (Å²) in [5.74, 6) is 1.78. The molecule has 0 fully saturated rings. The van der Waals surface area contributed by atoms with E-state index in [-0.39, 0.29) is 14.5 Å². The molecule has 0 saturated carbocycles. The maximum atomic E-state index is 6.31. The Hall–Kier alpha value is -3.59. The Bertz CT molecular complexity index is 1470. The predicted molar refractivity (Wildman–Crippen MR) is 149 cm³/mol. The first-order chi connectivity index (χ1) is 17.1. The molecule has 0 aliphatic carbocycles. The van der Waals surface area contributed by atoms with Gasteiger partial charge in [0.1, 0.15) is 0 Å². The van der Waals surface area contributed by atoms with Crippen molar-refractivity contribution in [3.05, 3.63) is 119 Å². The topological polar surface area (TPSA) is 16.4 Å². The molecule has 1 aliphatic rings. The summed E-state index contributed by atoms with van der Waals surface area (Å²) >= 11 is 0.272. The van der Waals surface area contributed by atoms with Gasteiger partial charge in [0, 0.05) is 19.8 Å². The van der Waals surface area contributed by atoms with Gasteiger partial charge in [0.2, 0.25) is 0 Å². The second-order valence-electron chi connectivity index (χ2n) is 8.60. The molecule has 0 unspecified atom stereocenters. The Morgan fingerprint density at radius 2 is 1.63 bits per heavy atom. The van der Waals surface area contributed by atoms with E-state index in [1.807, 2.05) is 12.1 Å². The molecule has 0 bridgehead atoms. The van der Waals surface area contributed by atoms with Crippen LogP contribution < -0.4 is 14.2 Å². The Kier molecular flexibility index (Phi) is 6.85. The summed E-state index contributed by atoms with van der Waals surface area (Å²) in [6.45, 7) is 3.16. The van der Waals surface area contributed by atoms with E-state index in [0.29, 0.717) is 0 Å². The van der Waals surface area contributed by atoms with Crippen LogP contribution in [-0.4, -0.2) is 28.6 Å². The van der Waals surface area contributed by atoms with Gasteiger partial charge in [-0.2, -0.15) is 0 Å². The molecule has 1 aromatic heterocycles. The van der Waals surface area contributed by atoms with E-state index in [9.17, 15) is 0 Å². The second kappa shape index (κ2) is 10.4. The zero-order chi connectivity index (χ0) is 24.2.